The number of carbonyl (C=O) groups is 1. The summed E-state index contributed by atoms with van der Waals surface area (Å²) in [6.45, 7) is 6.80. The van der Waals surface area contributed by atoms with Gasteiger partial charge in [-0.25, -0.2) is 15.0 Å². The van der Waals surface area contributed by atoms with E-state index in [0.717, 1.165) is 41.7 Å². The first-order valence-electron chi connectivity index (χ1n) is 9.72. The number of anilines is 1. The number of piperazine rings is 1. The fourth-order valence-corrected chi connectivity index (χ4v) is 3.46. The lowest BCUT2D eigenvalue weighted by Crippen LogP contribution is -2.48. The van der Waals surface area contributed by atoms with Crippen LogP contribution in [0, 0.1) is 13.8 Å². The predicted octanol–water partition coefficient (Wildman–Crippen LogP) is 2.64. The molecule has 148 valence electrons. The molecule has 29 heavy (non-hydrogen) atoms. The lowest BCUT2D eigenvalue weighted by atomic mass is 10.1. The summed E-state index contributed by atoms with van der Waals surface area (Å²) in [6.07, 6.45) is 8.79. The van der Waals surface area contributed by atoms with Gasteiger partial charge in [-0.05, 0) is 31.1 Å². The fraction of sp³-hybridized carbons (Fsp3) is 0.273. The Balaban J connectivity index is 1.39. The lowest BCUT2D eigenvalue weighted by molar-refractivity contribution is -0.126. The highest BCUT2D eigenvalue weighted by atomic mass is 16.2. The maximum Gasteiger partial charge on any atom is 0.246 e. The summed E-state index contributed by atoms with van der Waals surface area (Å²) >= 11 is 0. The van der Waals surface area contributed by atoms with E-state index in [9.17, 15) is 4.79 Å². The number of imidazole rings is 1. The average Bonchev–Trinajstić information content (AvgIpc) is 3.19. The molecular formula is C22H24N6O. The monoisotopic (exact) mass is 388 g/mol. The van der Waals surface area contributed by atoms with Crippen molar-refractivity contribution < 1.29 is 4.79 Å². The molecule has 3 aromatic rings. The van der Waals surface area contributed by atoms with E-state index in [0.29, 0.717) is 13.1 Å². The number of nitrogens with zero attached hydrogens (tertiary/aromatic N) is 6. The Bertz CT molecular complexity index is 1030. The molecular weight excluding hydrogens is 364 g/mol. The summed E-state index contributed by atoms with van der Waals surface area (Å²) in [6, 6.07) is 10.0. The van der Waals surface area contributed by atoms with Crippen LogP contribution in [0.4, 0.5) is 5.82 Å². The second-order valence-corrected chi connectivity index (χ2v) is 7.08. The molecule has 0 N–H and O–H groups in total. The van der Waals surface area contributed by atoms with E-state index >= 15 is 0 Å². The smallest absolute Gasteiger partial charge is 0.246 e. The fourth-order valence-electron chi connectivity index (χ4n) is 3.46. The van der Waals surface area contributed by atoms with Gasteiger partial charge in [0.25, 0.3) is 0 Å². The Kier molecular flexibility index (Phi) is 5.37. The molecule has 2 aromatic heterocycles. The zero-order valence-corrected chi connectivity index (χ0v) is 16.7. The number of aryl methyl sites for hydroxylation is 2. The molecule has 7 heteroatoms. The Labute approximate surface area is 170 Å². The normalized spacial score (nSPS) is 14.6. The van der Waals surface area contributed by atoms with Crippen LogP contribution in [0.3, 0.4) is 0 Å². The molecule has 0 spiro atoms. The van der Waals surface area contributed by atoms with Gasteiger partial charge in [0.2, 0.25) is 5.91 Å². The lowest BCUT2D eigenvalue weighted by Gasteiger charge is -2.35. The molecule has 1 amide bonds. The van der Waals surface area contributed by atoms with Crippen molar-refractivity contribution in [2.45, 2.75) is 13.8 Å². The number of hydrogen-bond donors (Lipinski definition) is 0. The Hall–Kier alpha value is -3.48. The molecule has 0 atom stereocenters. The largest absolute Gasteiger partial charge is 0.353 e. The molecule has 1 aliphatic rings. The maximum atomic E-state index is 12.6. The third kappa shape index (κ3) is 4.18. The van der Waals surface area contributed by atoms with Gasteiger partial charge in [-0.1, -0.05) is 24.3 Å². The van der Waals surface area contributed by atoms with E-state index in [1.165, 1.54) is 0 Å². The summed E-state index contributed by atoms with van der Waals surface area (Å²) in [5.74, 6) is 2.59. The molecule has 0 bridgehead atoms. The maximum absolute atomic E-state index is 12.6. The van der Waals surface area contributed by atoms with E-state index in [2.05, 4.69) is 19.9 Å². The van der Waals surface area contributed by atoms with Crippen LogP contribution >= 0.6 is 0 Å². The van der Waals surface area contributed by atoms with Crippen molar-refractivity contribution in [2.24, 2.45) is 0 Å². The second kappa shape index (κ2) is 8.26. The third-order valence-electron chi connectivity index (χ3n) is 5.22. The first kappa shape index (κ1) is 18.9. The quantitative estimate of drug-likeness (QED) is 0.643. The second-order valence-electron chi connectivity index (χ2n) is 7.08. The minimum atomic E-state index is 0.0466. The van der Waals surface area contributed by atoms with Gasteiger partial charge in [0.15, 0.2) is 0 Å². The number of hydrogen-bond acceptors (Lipinski definition) is 5. The molecule has 0 saturated carbocycles. The number of aromatic nitrogens is 4. The molecule has 1 aromatic carbocycles. The van der Waals surface area contributed by atoms with Gasteiger partial charge in [0, 0.05) is 50.7 Å². The van der Waals surface area contributed by atoms with Crippen LogP contribution in [0.2, 0.25) is 0 Å². The molecule has 0 unspecified atom stereocenters. The number of rotatable bonds is 4. The van der Waals surface area contributed by atoms with Crippen molar-refractivity contribution in [3.05, 3.63) is 72.1 Å². The van der Waals surface area contributed by atoms with E-state index in [1.807, 2.05) is 65.9 Å². The highest BCUT2D eigenvalue weighted by Gasteiger charge is 2.21. The van der Waals surface area contributed by atoms with Crippen LogP contribution in [0.1, 0.15) is 17.0 Å². The van der Waals surface area contributed by atoms with E-state index in [-0.39, 0.29) is 5.91 Å². The summed E-state index contributed by atoms with van der Waals surface area (Å²) in [5, 5.41) is 0. The van der Waals surface area contributed by atoms with Crippen molar-refractivity contribution in [3.8, 4) is 5.82 Å². The molecule has 1 saturated heterocycles. The summed E-state index contributed by atoms with van der Waals surface area (Å²) in [7, 11) is 0. The van der Waals surface area contributed by atoms with Crippen LogP contribution in [0.15, 0.2) is 55.1 Å². The molecule has 1 aliphatic heterocycles. The third-order valence-corrected chi connectivity index (χ3v) is 5.22. The van der Waals surface area contributed by atoms with E-state index in [1.54, 1.807) is 18.6 Å². The van der Waals surface area contributed by atoms with E-state index in [4.69, 9.17) is 0 Å². The number of carbonyl (C=O) groups excluding carboxylic acids is 1. The zero-order chi connectivity index (χ0) is 20.2. The average molecular weight is 388 g/mol. The standard InChI is InChI=1S/C22H24N6O/c1-17-5-3-4-6-19(17)7-8-22(29)27-13-11-26(12-14-27)20-15-21(25-16-24-20)28-10-9-23-18(28)2/h3-10,15-16H,11-14H2,1-2H3/b8-7+. The van der Waals surface area contributed by atoms with Crippen LogP contribution in [-0.4, -0.2) is 56.5 Å². The molecule has 7 nitrogen and oxygen atoms in total. The highest BCUT2D eigenvalue weighted by Crippen LogP contribution is 2.17. The molecule has 1 fully saturated rings. The Morgan fingerprint density at radius 1 is 1.00 bits per heavy atom. The minimum absolute atomic E-state index is 0.0466. The van der Waals surface area contributed by atoms with Crippen LogP contribution < -0.4 is 4.90 Å². The van der Waals surface area contributed by atoms with Gasteiger partial charge < -0.3 is 9.80 Å². The van der Waals surface area contributed by atoms with Crippen LogP contribution in [-0.2, 0) is 4.79 Å². The molecule has 4 rings (SSSR count). The van der Waals surface area contributed by atoms with Gasteiger partial charge in [0.05, 0.1) is 0 Å². The predicted molar refractivity (Wildman–Crippen MR) is 113 cm³/mol. The Morgan fingerprint density at radius 3 is 2.48 bits per heavy atom. The van der Waals surface area contributed by atoms with Gasteiger partial charge in [-0.2, -0.15) is 0 Å². The highest BCUT2D eigenvalue weighted by molar-refractivity contribution is 5.92. The number of amides is 1. The topological polar surface area (TPSA) is 67.2 Å². The van der Waals surface area contributed by atoms with Gasteiger partial charge in [-0.3, -0.25) is 9.36 Å². The minimum Gasteiger partial charge on any atom is -0.353 e. The van der Waals surface area contributed by atoms with Crippen molar-refractivity contribution in [1.82, 2.24) is 24.4 Å². The van der Waals surface area contributed by atoms with E-state index < -0.39 is 0 Å². The summed E-state index contributed by atoms with van der Waals surface area (Å²) in [4.78, 5) is 29.6. The van der Waals surface area contributed by atoms with Gasteiger partial charge >= 0.3 is 0 Å². The molecule has 0 radical (unpaired) electrons. The van der Waals surface area contributed by atoms with Crippen molar-refractivity contribution >= 4 is 17.8 Å². The first-order chi connectivity index (χ1) is 14.1. The summed E-state index contributed by atoms with van der Waals surface area (Å²) in [5.41, 5.74) is 2.23. The van der Waals surface area contributed by atoms with Crippen LogP contribution in [0.25, 0.3) is 11.9 Å². The van der Waals surface area contributed by atoms with Gasteiger partial charge in [0.1, 0.15) is 23.8 Å². The first-order valence-corrected chi connectivity index (χ1v) is 9.72. The number of benzene rings is 1. The summed E-state index contributed by atoms with van der Waals surface area (Å²) < 4.78 is 1.93. The van der Waals surface area contributed by atoms with Crippen molar-refractivity contribution in [2.75, 3.05) is 31.1 Å². The van der Waals surface area contributed by atoms with Crippen molar-refractivity contribution in [1.29, 1.82) is 0 Å². The van der Waals surface area contributed by atoms with Crippen LogP contribution in [0.5, 0.6) is 0 Å². The van der Waals surface area contributed by atoms with Gasteiger partial charge in [-0.15, -0.1) is 0 Å². The SMILES string of the molecule is Cc1ccccc1/C=C/C(=O)N1CCN(c2cc(-n3ccnc3C)ncn2)CC1. The molecule has 0 aliphatic carbocycles. The van der Waals surface area contributed by atoms with Crippen molar-refractivity contribution in [3.63, 3.8) is 0 Å². The molecule has 3 heterocycles. The zero-order valence-electron chi connectivity index (χ0n) is 16.7. The Morgan fingerprint density at radius 2 is 1.76 bits per heavy atom.